The highest BCUT2D eigenvalue weighted by Gasteiger charge is 2.27. The van der Waals surface area contributed by atoms with Crippen LogP contribution in [0.2, 0.25) is 0 Å². The van der Waals surface area contributed by atoms with Crippen LogP contribution in [-0.4, -0.2) is 60.4 Å². The Bertz CT molecular complexity index is 818. The summed E-state index contributed by atoms with van der Waals surface area (Å²) >= 11 is 0. The summed E-state index contributed by atoms with van der Waals surface area (Å²) in [5.41, 5.74) is 1.69. The van der Waals surface area contributed by atoms with E-state index < -0.39 is 0 Å². The minimum atomic E-state index is -0.278. The largest absolute Gasteiger partial charge is 0.497 e. The summed E-state index contributed by atoms with van der Waals surface area (Å²) in [6.45, 7) is 2.67. The first-order valence-electron chi connectivity index (χ1n) is 8.89. The molecule has 8 nitrogen and oxygen atoms in total. The predicted octanol–water partition coefficient (Wildman–Crippen LogP) is 1.31. The quantitative estimate of drug-likeness (QED) is 0.706. The molecule has 0 spiro atoms. The zero-order chi connectivity index (χ0) is 19.2. The summed E-state index contributed by atoms with van der Waals surface area (Å²) in [5.74, 6) is 0.351. The molecular formula is C19H24N4O4. The van der Waals surface area contributed by atoms with Gasteiger partial charge in [0.05, 0.1) is 13.7 Å². The molecule has 1 aromatic carbocycles. The van der Waals surface area contributed by atoms with Gasteiger partial charge in [0.25, 0.3) is 11.8 Å². The lowest BCUT2D eigenvalue weighted by molar-refractivity contribution is 0.0683. The highest BCUT2D eigenvalue weighted by Crippen LogP contribution is 2.19. The molecule has 27 heavy (non-hydrogen) atoms. The summed E-state index contributed by atoms with van der Waals surface area (Å²) < 4.78 is 11.8. The molecule has 2 amide bonds. The Hall–Kier alpha value is -2.87. The second-order valence-corrected chi connectivity index (χ2v) is 6.32. The minimum Gasteiger partial charge on any atom is -0.497 e. The fraction of sp³-hybridized carbons (Fsp3) is 0.421. The van der Waals surface area contributed by atoms with Gasteiger partial charge in [-0.3, -0.25) is 14.3 Å². The van der Waals surface area contributed by atoms with Gasteiger partial charge in [0.1, 0.15) is 11.4 Å². The van der Waals surface area contributed by atoms with Crippen LogP contribution < -0.4 is 10.1 Å². The molecule has 0 aliphatic carbocycles. The maximum Gasteiger partial charge on any atom is 0.272 e. The lowest BCUT2D eigenvalue weighted by Gasteiger charge is -2.27. The molecule has 0 saturated carbocycles. The third kappa shape index (κ3) is 4.46. The summed E-state index contributed by atoms with van der Waals surface area (Å²) in [6.07, 6.45) is 0.725. The number of fused-ring (bicyclic) bond motifs is 1. The molecule has 0 unspecified atom stereocenters. The fourth-order valence-electron chi connectivity index (χ4n) is 3.00. The van der Waals surface area contributed by atoms with Crippen molar-refractivity contribution in [3.63, 3.8) is 0 Å². The molecule has 1 aliphatic rings. The number of hydrogen-bond acceptors (Lipinski definition) is 5. The number of nitrogens with one attached hydrogen (secondary N) is 1. The van der Waals surface area contributed by atoms with E-state index in [1.807, 2.05) is 24.3 Å². The van der Waals surface area contributed by atoms with Crippen LogP contribution >= 0.6 is 0 Å². The first kappa shape index (κ1) is 18.9. The number of hydrogen-bond donors (Lipinski definition) is 1. The molecular weight excluding hydrogens is 348 g/mol. The Morgan fingerprint density at radius 2 is 2.11 bits per heavy atom. The number of methoxy groups -OCH3 is 2. The highest BCUT2D eigenvalue weighted by molar-refractivity contribution is 5.98. The Morgan fingerprint density at radius 1 is 1.26 bits per heavy atom. The zero-order valence-electron chi connectivity index (χ0n) is 15.6. The normalized spacial score (nSPS) is 13.4. The van der Waals surface area contributed by atoms with Crippen molar-refractivity contribution in [1.29, 1.82) is 0 Å². The van der Waals surface area contributed by atoms with Crippen molar-refractivity contribution in [3.8, 4) is 5.75 Å². The number of rotatable bonds is 8. The van der Waals surface area contributed by atoms with Gasteiger partial charge in [0, 0.05) is 39.4 Å². The molecule has 8 heteroatoms. The van der Waals surface area contributed by atoms with Gasteiger partial charge in [0.2, 0.25) is 0 Å². The average Bonchev–Trinajstić information content (AvgIpc) is 3.13. The van der Waals surface area contributed by atoms with E-state index in [0.717, 1.165) is 17.7 Å². The summed E-state index contributed by atoms with van der Waals surface area (Å²) in [5, 5.41) is 7.06. The van der Waals surface area contributed by atoms with Gasteiger partial charge in [-0.15, -0.1) is 0 Å². The molecule has 1 aromatic heterocycles. The Labute approximate surface area is 158 Å². The molecule has 0 atom stereocenters. The molecule has 144 valence electrons. The third-order valence-electron chi connectivity index (χ3n) is 4.42. The summed E-state index contributed by atoms with van der Waals surface area (Å²) in [6, 6.07) is 9.21. The molecule has 0 bridgehead atoms. The first-order valence-corrected chi connectivity index (χ1v) is 8.89. The van der Waals surface area contributed by atoms with E-state index in [0.29, 0.717) is 38.5 Å². The fourth-order valence-corrected chi connectivity index (χ4v) is 3.00. The molecule has 2 heterocycles. The summed E-state index contributed by atoms with van der Waals surface area (Å²) in [7, 11) is 3.24. The lowest BCUT2D eigenvalue weighted by Crippen LogP contribution is -2.39. The topological polar surface area (TPSA) is 85.7 Å². The maximum atomic E-state index is 12.8. The van der Waals surface area contributed by atoms with E-state index in [2.05, 4.69) is 10.4 Å². The third-order valence-corrected chi connectivity index (χ3v) is 4.42. The highest BCUT2D eigenvalue weighted by atomic mass is 16.5. The van der Waals surface area contributed by atoms with Crippen molar-refractivity contribution in [2.75, 3.05) is 33.9 Å². The van der Waals surface area contributed by atoms with E-state index in [9.17, 15) is 9.59 Å². The van der Waals surface area contributed by atoms with Gasteiger partial charge in [-0.05, 0) is 24.1 Å². The van der Waals surface area contributed by atoms with Gasteiger partial charge in [-0.25, -0.2) is 0 Å². The number of amides is 2. The van der Waals surface area contributed by atoms with Gasteiger partial charge in [-0.1, -0.05) is 12.1 Å². The Kier molecular flexibility index (Phi) is 6.08. The number of nitrogens with zero attached hydrogens (tertiary/aromatic N) is 3. The van der Waals surface area contributed by atoms with E-state index in [-0.39, 0.29) is 17.5 Å². The smallest absolute Gasteiger partial charge is 0.272 e. The molecule has 0 saturated heterocycles. The van der Waals surface area contributed by atoms with E-state index >= 15 is 0 Å². The maximum absolute atomic E-state index is 12.8. The van der Waals surface area contributed by atoms with Gasteiger partial charge in [-0.2, -0.15) is 5.10 Å². The van der Waals surface area contributed by atoms with Crippen LogP contribution in [0.1, 0.15) is 33.0 Å². The molecule has 0 fully saturated rings. The molecule has 1 N–H and O–H groups in total. The predicted molar refractivity (Wildman–Crippen MR) is 98.8 cm³/mol. The van der Waals surface area contributed by atoms with Crippen molar-refractivity contribution in [2.24, 2.45) is 0 Å². The summed E-state index contributed by atoms with van der Waals surface area (Å²) in [4.78, 5) is 26.8. The number of aromatic nitrogens is 2. The molecule has 3 rings (SSSR count). The van der Waals surface area contributed by atoms with Crippen LogP contribution in [0, 0.1) is 0 Å². The van der Waals surface area contributed by atoms with Gasteiger partial charge >= 0.3 is 0 Å². The van der Waals surface area contributed by atoms with Crippen molar-refractivity contribution in [1.82, 2.24) is 20.0 Å². The van der Waals surface area contributed by atoms with Gasteiger partial charge < -0.3 is 19.7 Å². The first-order chi connectivity index (χ1) is 13.1. The number of carbonyl (C=O) groups is 2. The van der Waals surface area contributed by atoms with Crippen molar-refractivity contribution in [2.45, 2.75) is 19.5 Å². The molecule has 2 aromatic rings. The van der Waals surface area contributed by atoms with Crippen LogP contribution in [0.4, 0.5) is 0 Å². The van der Waals surface area contributed by atoms with E-state index in [4.69, 9.17) is 9.47 Å². The van der Waals surface area contributed by atoms with Crippen molar-refractivity contribution < 1.29 is 19.1 Å². The number of ether oxygens (including phenoxy) is 2. The lowest BCUT2D eigenvalue weighted by atomic mass is 10.1. The Balaban J connectivity index is 1.66. The second-order valence-electron chi connectivity index (χ2n) is 6.32. The van der Waals surface area contributed by atoms with Crippen LogP contribution in [0.15, 0.2) is 30.3 Å². The second kappa shape index (κ2) is 8.68. The van der Waals surface area contributed by atoms with Gasteiger partial charge in [0.15, 0.2) is 5.69 Å². The number of benzene rings is 1. The average molecular weight is 372 g/mol. The van der Waals surface area contributed by atoms with Crippen molar-refractivity contribution >= 4 is 11.8 Å². The SMILES string of the molecule is COCCCNC(=O)c1cc2n(n1)CCN(Cc1cccc(OC)c1)C2=O. The zero-order valence-corrected chi connectivity index (χ0v) is 15.6. The van der Waals surface area contributed by atoms with E-state index in [1.165, 1.54) is 0 Å². The minimum absolute atomic E-state index is 0.130. The van der Waals surface area contributed by atoms with Crippen LogP contribution in [-0.2, 0) is 17.8 Å². The number of carbonyl (C=O) groups excluding carboxylic acids is 2. The molecule has 1 aliphatic heterocycles. The van der Waals surface area contributed by atoms with Crippen LogP contribution in [0.25, 0.3) is 0 Å². The van der Waals surface area contributed by atoms with Crippen molar-refractivity contribution in [3.05, 3.63) is 47.3 Å². The monoisotopic (exact) mass is 372 g/mol. The van der Waals surface area contributed by atoms with Crippen LogP contribution in [0.3, 0.4) is 0 Å². The Morgan fingerprint density at radius 3 is 2.89 bits per heavy atom. The molecule has 0 radical (unpaired) electrons. The van der Waals surface area contributed by atoms with Crippen LogP contribution in [0.5, 0.6) is 5.75 Å². The standard InChI is InChI=1S/C19H24N4O4/c1-26-10-4-7-20-18(24)16-12-17-19(25)22(8-9-23(17)21-16)13-14-5-3-6-15(11-14)27-2/h3,5-6,11-12H,4,7-10,13H2,1-2H3,(H,20,24). The van der Waals surface area contributed by atoms with E-state index in [1.54, 1.807) is 29.9 Å².